The fourth-order valence-electron chi connectivity index (χ4n) is 4.69. The second kappa shape index (κ2) is 11.2. The molecule has 5 aromatic rings. The largest absolute Gasteiger partial charge is 0.489 e. The van der Waals surface area contributed by atoms with Gasteiger partial charge in [-0.3, -0.25) is 0 Å². The van der Waals surface area contributed by atoms with Crippen LogP contribution in [0.2, 0.25) is 10.0 Å². The zero-order valence-electron chi connectivity index (χ0n) is 21.3. The molecule has 0 saturated carbocycles. The summed E-state index contributed by atoms with van der Waals surface area (Å²) in [5, 5.41) is 11.2. The van der Waals surface area contributed by atoms with Crippen LogP contribution in [0.3, 0.4) is 0 Å². The van der Waals surface area contributed by atoms with Crippen LogP contribution in [0.15, 0.2) is 102 Å². The van der Waals surface area contributed by atoms with E-state index in [1.807, 2.05) is 60.7 Å². The first-order valence-corrected chi connectivity index (χ1v) is 14.1. The normalized spacial score (nSPS) is 14.2. The van der Waals surface area contributed by atoms with E-state index in [1.54, 1.807) is 30.3 Å². The van der Waals surface area contributed by atoms with Gasteiger partial charge in [0.05, 0.1) is 16.0 Å². The molecule has 1 aliphatic heterocycles. The van der Waals surface area contributed by atoms with Gasteiger partial charge in [-0.25, -0.2) is 4.79 Å². The average molecular weight is 599 g/mol. The van der Waals surface area contributed by atoms with Crippen molar-refractivity contribution in [3.63, 3.8) is 0 Å². The van der Waals surface area contributed by atoms with Crippen molar-refractivity contribution in [1.29, 1.82) is 5.26 Å². The summed E-state index contributed by atoms with van der Waals surface area (Å²) in [6, 6.07) is 29.9. The fraction of sp³-hybridized carbons (Fsp3) is 0.0625. The maximum absolute atomic E-state index is 13.0. The summed E-state index contributed by atoms with van der Waals surface area (Å²) in [5.74, 6) is 0.211. The third kappa shape index (κ3) is 5.21. The van der Waals surface area contributed by atoms with Crippen molar-refractivity contribution in [2.24, 2.45) is 5.73 Å². The Hall–Kier alpha value is -4.48. The van der Waals surface area contributed by atoms with Crippen LogP contribution >= 0.6 is 34.5 Å². The van der Waals surface area contributed by atoms with Crippen molar-refractivity contribution in [1.82, 2.24) is 0 Å². The molecule has 41 heavy (non-hydrogen) atoms. The molecule has 6 rings (SSSR count). The summed E-state index contributed by atoms with van der Waals surface area (Å²) in [4.78, 5) is 13.3. The highest BCUT2D eigenvalue weighted by Crippen LogP contribution is 2.44. The van der Waals surface area contributed by atoms with E-state index >= 15 is 0 Å². The van der Waals surface area contributed by atoms with E-state index in [1.165, 1.54) is 11.3 Å². The molecule has 9 heteroatoms. The van der Waals surface area contributed by atoms with Crippen molar-refractivity contribution in [3.8, 4) is 23.3 Å². The Balaban J connectivity index is 1.25. The van der Waals surface area contributed by atoms with Crippen LogP contribution < -0.4 is 19.9 Å². The predicted octanol–water partition coefficient (Wildman–Crippen LogP) is 8.22. The van der Waals surface area contributed by atoms with E-state index in [2.05, 4.69) is 6.07 Å². The summed E-state index contributed by atoms with van der Waals surface area (Å²) in [5.41, 5.74) is 9.06. The SMILES string of the molecule is N#CC1=C(N)Oc2cc(OC(=O)c3sc4cccc(Cl)c4c3Cl)ccc2C1c1ccc(OCc2ccccc2)cc1. The smallest absolute Gasteiger partial charge is 0.355 e. The molecular formula is C32H20Cl2N2O4S. The molecule has 0 amide bonds. The molecule has 1 atom stereocenters. The van der Waals surface area contributed by atoms with E-state index < -0.39 is 11.9 Å². The molecule has 1 aliphatic rings. The number of allylic oxidation sites excluding steroid dienone is 1. The van der Waals surface area contributed by atoms with Gasteiger partial charge in [0.1, 0.15) is 40.4 Å². The summed E-state index contributed by atoms with van der Waals surface area (Å²) in [6.07, 6.45) is 0. The van der Waals surface area contributed by atoms with Crippen molar-refractivity contribution in [3.05, 3.63) is 134 Å². The molecule has 202 valence electrons. The second-order valence-electron chi connectivity index (χ2n) is 9.22. The average Bonchev–Trinajstić information content (AvgIpc) is 3.33. The lowest BCUT2D eigenvalue weighted by atomic mass is 9.83. The number of benzene rings is 4. The number of fused-ring (bicyclic) bond motifs is 2. The van der Waals surface area contributed by atoms with Crippen molar-refractivity contribution in [2.75, 3.05) is 0 Å². The Bertz CT molecular complexity index is 1860. The lowest BCUT2D eigenvalue weighted by Gasteiger charge is -2.26. The quantitative estimate of drug-likeness (QED) is 0.156. The highest BCUT2D eigenvalue weighted by atomic mass is 35.5. The molecule has 0 radical (unpaired) electrons. The Morgan fingerprint density at radius 2 is 1.73 bits per heavy atom. The van der Waals surface area contributed by atoms with Gasteiger partial charge in [0.15, 0.2) is 0 Å². The lowest BCUT2D eigenvalue weighted by Crippen LogP contribution is -2.21. The van der Waals surface area contributed by atoms with E-state index in [0.29, 0.717) is 34.1 Å². The number of carbonyl (C=O) groups is 1. The zero-order chi connectivity index (χ0) is 28.5. The predicted molar refractivity (Wildman–Crippen MR) is 160 cm³/mol. The summed E-state index contributed by atoms with van der Waals surface area (Å²) >= 11 is 14.0. The maximum Gasteiger partial charge on any atom is 0.355 e. The third-order valence-corrected chi connectivity index (χ3v) is 8.59. The molecule has 0 spiro atoms. The second-order valence-corrected chi connectivity index (χ2v) is 11.1. The molecule has 0 bridgehead atoms. The van der Waals surface area contributed by atoms with Gasteiger partial charge in [-0.15, -0.1) is 11.3 Å². The van der Waals surface area contributed by atoms with Crippen LogP contribution in [0.5, 0.6) is 17.2 Å². The first-order valence-electron chi connectivity index (χ1n) is 12.5. The standard InChI is InChI=1S/C32H20Cl2N2O4S/c33-24-7-4-8-26-28(24)29(34)30(41-26)32(37)39-21-13-14-22-25(15-21)40-31(36)23(16-35)27(22)19-9-11-20(12-10-19)38-17-18-5-2-1-3-6-18/h1-15,27H,17,36H2. The van der Waals surface area contributed by atoms with Gasteiger partial charge < -0.3 is 19.9 Å². The monoisotopic (exact) mass is 598 g/mol. The number of nitriles is 1. The Morgan fingerprint density at radius 3 is 2.46 bits per heavy atom. The number of esters is 1. The highest BCUT2D eigenvalue weighted by molar-refractivity contribution is 7.21. The summed E-state index contributed by atoms with van der Waals surface area (Å²) < 4.78 is 18.1. The van der Waals surface area contributed by atoms with E-state index in [-0.39, 0.29) is 27.1 Å². The number of rotatable bonds is 6. The Kier molecular flexibility index (Phi) is 7.29. The number of thiophene rings is 1. The lowest BCUT2D eigenvalue weighted by molar-refractivity contribution is 0.0740. The number of halogens is 2. The molecule has 6 nitrogen and oxygen atoms in total. The maximum atomic E-state index is 13.0. The molecule has 0 aliphatic carbocycles. The molecule has 1 unspecified atom stereocenters. The van der Waals surface area contributed by atoms with Gasteiger partial charge in [0.25, 0.3) is 0 Å². The molecular weight excluding hydrogens is 579 g/mol. The third-order valence-electron chi connectivity index (χ3n) is 6.65. The van der Waals surface area contributed by atoms with Crippen LogP contribution in [0.4, 0.5) is 0 Å². The molecule has 0 saturated heterocycles. The molecule has 4 aromatic carbocycles. The van der Waals surface area contributed by atoms with Crippen LogP contribution in [0.25, 0.3) is 10.1 Å². The van der Waals surface area contributed by atoms with Gasteiger partial charge in [0, 0.05) is 21.7 Å². The highest BCUT2D eigenvalue weighted by Gasteiger charge is 2.31. The number of nitrogens with zero attached hydrogens (tertiary/aromatic N) is 1. The van der Waals surface area contributed by atoms with Gasteiger partial charge in [-0.2, -0.15) is 5.26 Å². The first kappa shape index (κ1) is 26.7. The van der Waals surface area contributed by atoms with Crippen molar-refractivity contribution < 1.29 is 19.0 Å². The van der Waals surface area contributed by atoms with Crippen molar-refractivity contribution in [2.45, 2.75) is 12.5 Å². The topological polar surface area (TPSA) is 94.6 Å². The molecule has 1 aromatic heterocycles. The van der Waals surface area contributed by atoms with Gasteiger partial charge in [-0.1, -0.05) is 77.8 Å². The fourth-order valence-corrected chi connectivity index (χ4v) is 6.52. The summed E-state index contributed by atoms with van der Waals surface area (Å²) in [6.45, 7) is 0.442. The minimum atomic E-state index is -0.619. The Labute approximate surface area is 249 Å². The first-order chi connectivity index (χ1) is 19.9. The number of carbonyl (C=O) groups excluding carboxylic acids is 1. The molecule has 0 fully saturated rings. The summed E-state index contributed by atoms with van der Waals surface area (Å²) in [7, 11) is 0. The van der Waals surface area contributed by atoms with Crippen LogP contribution in [-0.4, -0.2) is 5.97 Å². The number of nitrogens with two attached hydrogens (primary N) is 1. The number of hydrogen-bond acceptors (Lipinski definition) is 7. The van der Waals surface area contributed by atoms with Crippen LogP contribution in [0.1, 0.15) is 32.3 Å². The van der Waals surface area contributed by atoms with Gasteiger partial charge >= 0.3 is 5.97 Å². The van der Waals surface area contributed by atoms with E-state index in [9.17, 15) is 10.1 Å². The minimum Gasteiger partial charge on any atom is -0.489 e. The molecule has 2 N–H and O–H groups in total. The van der Waals surface area contributed by atoms with Crippen molar-refractivity contribution >= 4 is 50.6 Å². The number of ether oxygens (including phenoxy) is 3. The van der Waals surface area contributed by atoms with E-state index in [0.717, 1.165) is 15.8 Å². The van der Waals surface area contributed by atoms with E-state index in [4.69, 9.17) is 43.1 Å². The van der Waals surface area contributed by atoms with Crippen LogP contribution in [0, 0.1) is 11.3 Å². The minimum absolute atomic E-state index is 0.0138. The van der Waals surface area contributed by atoms with Gasteiger partial charge in [-0.05, 0) is 41.5 Å². The molecule has 2 heterocycles. The van der Waals surface area contributed by atoms with Gasteiger partial charge in [0.2, 0.25) is 5.88 Å². The van der Waals surface area contributed by atoms with Crippen LogP contribution in [-0.2, 0) is 6.61 Å². The number of hydrogen-bond donors (Lipinski definition) is 1. The zero-order valence-corrected chi connectivity index (χ0v) is 23.6. The Morgan fingerprint density at radius 1 is 0.976 bits per heavy atom.